The van der Waals surface area contributed by atoms with Crippen molar-refractivity contribution in [3.63, 3.8) is 0 Å². The maximum atomic E-state index is 3.86. The fourth-order valence-electron chi connectivity index (χ4n) is 0.344. The van der Waals surface area contributed by atoms with Crippen molar-refractivity contribution in [1.29, 1.82) is 0 Å². The summed E-state index contributed by atoms with van der Waals surface area (Å²) in [6, 6.07) is 0. The van der Waals surface area contributed by atoms with Crippen LogP contribution in [0, 0.1) is 0 Å². The van der Waals surface area contributed by atoms with E-state index in [4.69, 9.17) is 0 Å². The molecule has 0 atom stereocenters. The van der Waals surface area contributed by atoms with Crippen LogP contribution in [0.25, 0.3) is 0 Å². The van der Waals surface area contributed by atoms with Crippen molar-refractivity contribution in [1.82, 2.24) is 9.97 Å². The van der Waals surface area contributed by atoms with Gasteiger partial charge in [-0.15, -0.1) is 0 Å². The summed E-state index contributed by atoms with van der Waals surface area (Å²) in [5, 5.41) is 0. The molecule has 1 rings (SSSR count). The monoisotopic (exact) mass is 94.1 g/mol. The van der Waals surface area contributed by atoms with Crippen LogP contribution in [0.1, 0.15) is 0 Å². The van der Waals surface area contributed by atoms with E-state index in [9.17, 15) is 0 Å². The maximum absolute atomic E-state index is 3.86. The van der Waals surface area contributed by atoms with E-state index in [-0.39, 0.29) is 4.70 Å². The number of nitrogens with one attached hydrogen (secondary N) is 1. The number of nitrogens with zero attached hydrogens (tertiary/aromatic N) is 1. The van der Waals surface area contributed by atoms with Crippen LogP contribution in [-0.2, 0) is 0 Å². The van der Waals surface area contributed by atoms with E-state index in [0.717, 1.165) is 4.50 Å². The van der Waals surface area contributed by atoms with Gasteiger partial charge in [-0.25, -0.2) is 0 Å². The van der Waals surface area contributed by atoms with Crippen LogP contribution >= 0.6 is 0 Å². The normalized spacial score (nSPS) is 7.71. The Morgan fingerprint density at radius 3 is 2.57 bits per heavy atom. The van der Waals surface area contributed by atoms with Gasteiger partial charge in [-0.3, -0.25) is 4.70 Å². The molecule has 1 aromatic heterocycles. The first-order valence-corrected chi connectivity index (χ1v) is 1.85. The predicted octanol–water partition coefficient (Wildman–Crippen LogP) is -0.644. The summed E-state index contributed by atoms with van der Waals surface area (Å²) in [6.07, 6.45) is 3.53. The second-order valence-electron chi connectivity index (χ2n) is 1.17. The molecular weight excluding hydrogens is 90.0 g/mol. The molecule has 1 N–H and O–H groups in total. The average molecular weight is 94.0 g/mol. The quantitative estimate of drug-likeness (QED) is 0.425. The SMILES string of the molecule is F.[Li][c]1ncc[nH]1. The molecule has 0 unspecified atom stereocenters. The van der Waals surface area contributed by atoms with Crippen molar-refractivity contribution in [3.05, 3.63) is 12.4 Å². The Labute approximate surface area is 49.9 Å². The Morgan fingerprint density at radius 2 is 2.43 bits per heavy atom. The van der Waals surface area contributed by atoms with Gasteiger partial charge in [0.15, 0.2) is 0 Å². The van der Waals surface area contributed by atoms with E-state index in [1.54, 1.807) is 12.4 Å². The van der Waals surface area contributed by atoms with E-state index in [1.807, 2.05) is 17.7 Å². The Kier molecular flexibility index (Phi) is 2.73. The van der Waals surface area contributed by atoms with Gasteiger partial charge in [-0.05, 0) is 0 Å². The van der Waals surface area contributed by atoms with E-state index in [1.165, 1.54) is 0 Å². The Morgan fingerprint density at radius 1 is 1.71 bits per heavy atom. The molecule has 4 heteroatoms. The second kappa shape index (κ2) is 2.84. The molecule has 0 aliphatic rings. The summed E-state index contributed by atoms with van der Waals surface area (Å²) < 4.78 is 0.968. The number of halogens is 1. The zero-order valence-electron chi connectivity index (χ0n) is 4.01. The Hall–Kier alpha value is -0.263. The summed E-state index contributed by atoms with van der Waals surface area (Å²) in [5.74, 6) is 0. The van der Waals surface area contributed by atoms with Gasteiger partial charge in [-0.1, -0.05) is 0 Å². The molecular formula is C3H4FLiN2. The van der Waals surface area contributed by atoms with Crippen molar-refractivity contribution in [2.45, 2.75) is 0 Å². The van der Waals surface area contributed by atoms with Crippen molar-refractivity contribution in [3.8, 4) is 0 Å². The van der Waals surface area contributed by atoms with Crippen LogP contribution in [0.3, 0.4) is 0 Å². The van der Waals surface area contributed by atoms with Crippen LogP contribution in [0.2, 0.25) is 0 Å². The zero-order valence-corrected chi connectivity index (χ0v) is 4.01. The van der Waals surface area contributed by atoms with Crippen LogP contribution < -0.4 is 4.50 Å². The second-order valence-corrected chi connectivity index (χ2v) is 1.17. The number of hydrogen-bond acceptors (Lipinski definition) is 1. The minimum absolute atomic E-state index is 0. The summed E-state index contributed by atoms with van der Waals surface area (Å²) in [7, 11) is 0. The van der Waals surface area contributed by atoms with Crippen LogP contribution in [0.5, 0.6) is 0 Å². The molecule has 0 radical (unpaired) electrons. The molecule has 0 spiro atoms. The molecule has 34 valence electrons. The van der Waals surface area contributed by atoms with E-state index < -0.39 is 0 Å². The molecule has 0 aliphatic carbocycles. The van der Waals surface area contributed by atoms with Gasteiger partial charge in [0.1, 0.15) is 0 Å². The molecule has 7 heavy (non-hydrogen) atoms. The van der Waals surface area contributed by atoms with E-state index in [2.05, 4.69) is 9.97 Å². The Balaban J connectivity index is 0.000000360. The summed E-state index contributed by atoms with van der Waals surface area (Å²) in [5.41, 5.74) is 0. The van der Waals surface area contributed by atoms with Gasteiger partial charge in [0.05, 0.1) is 0 Å². The van der Waals surface area contributed by atoms with Crippen LogP contribution in [0.15, 0.2) is 12.4 Å². The molecule has 0 saturated carbocycles. The number of aromatic nitrogens is 2. The molecule has 0 aromatic carbocycles. The van der Waals surface area contributed by atoms with Crippen molar-refractivity contribution in [2.24, 2.45) is 0 Å². The number of hydrogen-bond donors (Lipinski definition) is 1. The molecule has 0 aliphatic heterocycles. The molecule has 0 amide bonds. The number of imidazole rings is 1. The summed E-state index contributed by atoms with van der Waals surface area (Å²) in [4.78, 5) is 6.75. The number of aromatic amines is 1. The molecule has 0 bridgehead atoms. The number of H-pyrrole nitrogens is 1. The van der Waals surface area contributed by atoms with Gasteiger partial charge in [0.2, 0.25) is 0 Å². The van der Waals surface area contributed by atoms with Gasteiger partial charge in [0.25, 0.3) is 0 Å². The summed E-state index contributed by atoms with van der Waals surface area (Å²) >= 11 is 1.92. The van der Waals surface area contributed by atoms with Crippen LogP contribution in [0.4, 0.5) is 4.70 Å². The number of rotatable bonds is 0. The molecule has 1 heterocycles. The van der Waals surface area contributed by atoms with E-state index in [0.29, 0.717) is 0 Å². The first-order valence-electron chi connectivity index (χ1n) is 1.85. The molecule has 0 saturated heterocycles. The average Bonchev–Trinajstić information content (AvgIpc) is 1.86. The third-order valence-corrected chi connectivity index (χ3v) is 0.635. The fraction of sp³-hybridized carbons (Fsp3) is 0. The molecule has 0 fully saturated rings. The van der Waals surface area contributed by atoms with Gasteiger partial charge >= 0.3 is 44.6 Å². The standard InChI is InChI=1S/C3H3N2.FH.Li/c1-2-5-3-4-1;;/h1-2H,(H,4,5);1H;. The topological polar surface area (TPSA) is 28.7 Å². The van der Waals surface area contributed by atoms with Crippen molar-refractivity contribution in [2.75, 3.05) is 0 Å². The molecule has 2 nitrogen and oxygen atoms in total. The van der Waals surface area contributed by atoms with Crippen LogP contribution in [-0.4, -0.2) is 27.7 Å². The van der Waals surface area contributed by atoms with Crippen molar-refractivity contribution < 1.29 is 4.70 Å². The van der Waals surface area contributed by atoms with Gasteiger partial charge in [-0.2, -0.15) is 0 Å². The first-order chi connectivity index (χ1) is 2.89. The fourth-order valence-corrected chi connectivity index (χ4v) is 0.344. The van der Waals surface area contributed by atoms with Gasteiger partial charge < -0.3 is 0 Å². The first kappa shape index (κ1) is 6.74. The Bertz CT molecular complexity index is 116. The zero-order chi connectivity index (χ0) is 4.41. The molecule has 1 aromatic rings. The van der Waals surface area contributed by atoms with Crippen molar-refractivity contribution >= 4 is 22.2 Å². The minimum atomic E-state index is 0. The predicted molar refractivity (Wildman–Crippen MR) is 26.5 cm³/mol. The van der Waals surface area contributed by atoms with E-state index >= 15 is 0 Å². The third kappa shape index (κ3) is 1.77. The third-order valence-electron chi connectivity index (χ3n) is 0.635. The summed E-state index contributed by atoms with van der Waals surface area (Å²) in [6.45, 7) is 0. The van der Waals surface area contributed by atoms with Gasteiger partial charge in [0, 0.05) is 0 Å².